The number of rotatable bonds is 6. The van der Waals surface area contributed by atoms with E-state index in [4.69, 9.17) is 9.72 Å². The minimum atomic E-state index is -4.72. The quantitative estimate of drug-likeness (QED) is 0.338. The third kappa shape index (κ3) is 6.06. The predicted octanol–water partition coefficient (Wildman–Crippen LogP) is 3.99. The first kappa shape index (κ1) is 30.1. The predicted molar refractivity (Wildman–Crippen MR) is 155 cm³/mol. The van der Waals surface area contributed by atoms with Crippen LogP contribution in [0, 0.1) is 19.8 Å². The smallest absolute Gasteiger partial charge is 0.435 e. The minimum absolute atomic E-state index is 0.0455. The molecule has 1 aromatic carbocycles. The molecule has 0 spiro atoms. The Balaban J connectivity index is 1.33. The summed E-state index contributed by atoms with van der Waals surface area (Å²) in [6.45, 7) is 5.39. The van der Waals surface area contributed by atoms with Crippen LogP contribution in [0.2, 0.25) is 0 Å². The van der Waals surface area contributed by atoms with Gasteiger partial charge in [0.1, 0.15) is 11.6 Å². The van der Waals surface area contributed by atoms with Gasteiger partial charge in [-0.05, 0) is 37.6 Å². The number of piperazine rings is 1. The lowest BCUT2D eigenvalue weighted by Crippen LogP contribution is -2.49. The van der Waals surface area contributed by atoms with Gasteiger partial charge in [0.15, 0.2) is 11.5 Å². The summed E-state index contributed by atoms with van der Waals surface area (Å²) in [5, 5.41) is 12.9. The zero-order chi connectivity index (χ0) is 32.0. The summed E-state index contributed by atoms with van der Waals surface area (Å²) in [5.74, 6) is 0.365. The van der Waals surface area contributed by atoms with Crippen molar-refractivity contribution in [3.8, 4) is 16.9 Å². The maximum Gasteiger partial charge on any atom is 0.435 e. The molecule has 3 aromatic heterocycles. The molecule has 15 heteroatoms. The van der Waals surface area contributed by atoms with Gasteiger partial charge in [-0.3, -0.25) is 9.48 Å². The second-order valence-electron chi connectivity index (χ2n) is 11.3. The second kappa shape index (κ2) is 11.5. The molecule has 0 bridgehead atoms. The SMILES string of the molecule is Cc1cc(C[C@@H]2COc3c(cc(Cn4ccnc4C)cc3-c3cn(C)nc3C(F)(F)F)C2=O)nc(N2CCN(C(=O)O)CC2)n1. The Hall–Kier alpha value is -4.95. The fraction of sp³-hybridized carbons (Fsp3) is 0.400. The van der Waals surface area contributed by atoms with Gasteiger partial charge in [0.25, 0.3) is 0 Å². The number of anilines is 1. The number of ketones is 1. The number of carbonyl (C=O) groups is 2. The molecule has 236 valence electrons. The van der Waals surface area contributed by atoms with E-state index in [1.807, 2.05) is 23.3 Å². The molecule has 1 amide bonds. The summed E-state index contributed by atoms with van der Waals surface area (Å²) >= 11 is 0. The van der Waals surface area contributed by atoms with Crippen molar-refractivity contribution in [3.05, 3.63) is 70.8 Å². The van der Waals surface area contributed by atoms with E-state index in [0.717, 1.165) is 4.68 Å². The first-order valence-corrected chi connectivity index (χ1v) is 14.4. The average molecular weight is 625 g/mol. The number of carboxylic acid groups (broad SMARTS) is 1. The highest BCUT2D eigenvalue weighted by atomic mass is 19.4. The molecule has 6 rings (SSSR count). The molecular formula is C30H31F3N8O4. The van der Waals surface area contributed by atoms with Gasteiger partial charge in [0.2, 0.25) is 5.95 Å². The Labute approximate surface area is 256 Å². The maximum absolute atomic E-state index is 14.0. The summed E-state index contributed by atoms with van der Waals surface area (Å²) in [7, 11) is 1.41. The number of ether oxygens (including phenoxy) is 1. The number of Topliss-reactive ketones (excluding diaryl/α,β-unsaturated/α-hetero) is 1. The number of fused-ring (bicyclic) bond motifs is 1. The Kier molecular flexibility index (Phi) is 7.70. The van der Waals surface area contributed by atoms with Crippen LogP contribution < -0.4 is 9.64 Å². The molecular weight excluding hydrogens is 593 g/mol. The van der Waals surface area contributed by atoms with Crippen molar-refractivity contribution in [3.63, 3.8) is 0 Å². The van der Waals surface area contributed by atoms with E-state index in [1.165, 1.54) is 18.1 Å². The lowest BCUT2D eigenvalue weighted by molar-refractivity contribution is -0.141. The van der Waals surface area contributed by atoms with E-state index >= 15 is 0 Å². The van der Waals surface area contributed by atoms with Crippen LogP contribution in [0.25, 0.3) is 11.1 Å². The number of hydrogen-bond acceptors (Lipinski definition) is 8. The van der Waals surface area contributed by atoms with Gasteiger partial charge in [-0.25, -0.2) is 19.7 Å². The van der Waals surface area contributed by atoms with Gasteiger partial charge >= 0.3 is 12.3 Å². The molecule has 5 heterocycles. The van der Waals surface area contributed by atoms with E-state index in [2.05, 4.69) is 15.1 Å². The Morgan fingerprint density at radius 3 is 2.47 bits per heavy atom. The lowest BCUT2D eigenvalue weighted by Gasteiger charge is -2.33. The van der Waals surface area contributed by atoms with Crippen LogP contribution in [0.5, 0.6) is 5.75 Å². The summed E-state index contributed by atoms with van der Waals surface area (Å²) < 4.78 is 51.1. The molecule has 2 aliphatic rings. The van der Waals surface area contributed by atoms with Gasteiger partial charge in [0.05, 0.1) is 18.1 Å². The summed E-state index contributed by atoms with van der Waals surface area (Å²) in [6, 6.07) is 5.08. The fourth-order valence-corrected chi connectivity index (χ4v) is 5.83. The number of hydrogen-bond donors (Lipinski definition) is 1. The zero-order valence-corrected chi connectivity index (χ0v) is 24.9. The number of halogens is 3. The molecule has 4 aromatic rings. The fourth-order valence-electron chi connectivity index (χ4n) is 5.83. The summed E-state index contributed by atoms with van der Waals surface area (Å²) in [6.07, 6.45) is -0.786. The number of aromatic nitrogens is 6. The number of alkyl halides is 3. The van der Waals surface area contributed by atoms with Crippen LogP contribution >= 0.6 is 0 Å². The Bertz CT molecular complexity index is 1780. The van der Waals surface area contributed by atoms with Crippen molar-refractivity contribution in [2.24, 2.45) is 13.0 Å². The first-order chi connectivity index (χ1) is 21.4. The third-order valence-corrected chi connectivity index (χ3v) is 8.06. The summed E-state index contributed by atoms with van der Waals surface area (Å²) in [4.78, 5) is 42.0. The highest BCUT2D eigenvalue weighted by Gasteiger charge is 2.40. The average Bonchev–Trinajstić information content (AvgIpc) is 3.59. The minimum Gasteiger partial charge on any atom is -0.491 e. The van der Waals surface area contributed by atoms with E-state index in [0.29, 0.717) is 54.9 Å². The van der Waals surface area contributed by atoms with E-state index < -0.39 is 23.9 Å². The number of imidazole rings is 1. The molecule has 1 saturated heterocycles. The van der Waals surface area contributed by atoms with E-state index in [1.54, 1.807) is 30.6 Å². The van der Waals surface area contributed by atoms with Crippen molar-refractivity contribution in [1.82, 2.24) is 34.2 Å². The van der Waals surface area contributed by atoms with Crippen LogP contribution in [-0.2, 0) is 26.2 Å². The molecule has 2 aliphatic heterocycles. The highest BCUT2D eigenvalue weighted by Crippen LogP contribution is 2.44. The molecule has 1 fully saturated rings. The van der Waals surface area contributed by atoms with Crippen molar-refractivity contribution in [1.29, 1.82) is 0 Å². The Morgan fingerprint density at radius 2 is 1.80 bits per heavy atom. The normalized spacial score (nSPS) is 16.9. The monoisotopic (exact) mass is 624 g/mol. The maximum atomic E-state index is 14.0. The first-order valence-electron chi connectivity index (χ1n) is 14.4. The number of aryl methyl sites for hydroxylation is 3. The van der Waals surface area contributed by atoms with Gasteiger partial charge < -0.3 is 24.2 Å². The van der Waals surface area contributed by atoms with E-state index in [9.17, 15) is 27.9 Å². The number of amides is 1. The molecule has 0 unspecified atom stereocenters. The second-order valence-corrected chi connectivity index (χ2v) is 11.3. The van der Waals surface area contributed by atoms with Gasteiger partial charge in [-0.1, -0.05) is 0 Å². The standard InChI is InChI=1S/C30H31F3N8O4/c1-17-10-21(36-28(35-17)39-6-8-40(9-7-39)29(43)44)13-20-16-45-26-22(24-15-38(3)37-27(24)30(31,32)33)11-19(12-23(26)25(20)42)14-41-5-4-34-18(41)2/h4-5,10-12,15,20H,6-9,13-14,16H2,1-3H3,(H,43,44)/t20-/m1/s1. The van der Waals surface area contributed by atoms with Crippen LogP contribution in [0.3, 0.4) is 0 Å². The van der Waals surface area contributed by atoms with Gasteiger partial charge in [-0.15, -0.1) is 0 Å². The van der Waals surface area contributed by atoms with Crippen LogP contribution in [0.1, 0.15) is 38.8 Å². The largest absolute Gasteiger partial charge is 0.491 e. The lowest BCUT2D eigenvalue weighted by atomic mass is 9.87. The van der Waals surface area contributed by atoms with Crippen molar-refractivity contribution in [2.45, 2.75) is 33.0 Å². The van der Waals surface area contributed by atoms with Crippen LogP contribution in [0.4, 0.5) is 23.9 Å². The highest BCUT2D eigenvalue weighted by molar-refractivity contribution is 6.04. The number of carbonyl (C=O) groups excluding carboxylic acids is 1. The number of benzene rings is 1. The van der Waals surface area contributed by atoms with Gasteiger partial charge in [-0.2, -0.15) is 18.3 Å². The van der Waals surface area contributed by atoms with Crippen LogP contribution in [0.15, 0.2) is 36.8 Å². The molecule has 1 atom stereocenters. The topological polar surface area (TPSA) is 132 Å². The van der Waals surface area contributed by atoms with Gasteiger partial charge in [0, 0.05) is 87.3 Å². The molecule has 45 heavy (non-hydrogen) atoms. The molecule has 0 radical (unpaired) electrons. The molecule has 1 N–H and O–H groups in total. The van der Waals surface area contributed by atoms with Crippen molar-refractivity contribution < 1.29 is 32.6 Å². The van der Waals surface area contributed by atoms with Crippen LogP contribution in [-0.4, -0.2) is 84.0 Å². The molecule has 0 aliphatic carbocycles. The van der Waals surface area contributed by atoms with Crippen molar-refractivity contribution >= 4 is 17.8 Å². The molecule has 12 nitrogen and oxygen atoms in total. The molecule has 0 saturated carbocycles. The zero-order valence-electron chi connectivity index (χ0n) is 24.9. The third-order valence-electron chi connectivity index (χ3n) is 8.06. The van der Waals surface area contributed by atoms with Crippen molar-refractivity contribution in [2.75, 3.05) is 37.7 Å². The number of nitrogens with zero attached hydrogens (tertiary/aromatic N) is 8. The Morgan fingerprint density at radius 1 is 1.07 bits per heavy atom. The van der Waals surface area contributed by atoms with E-state index in [-0.39, 0.29) is 47.8 Å². The summed E-state index contributed by atoms with van der Waals surface area (Å²) in [5.41, 5.74) is 1.03.